The predicted molar refractivity (Wildman–Crippen MR) is 65.9 cm³/mol. The molecule has 0 spiro atoms. The van der Waals surface area contributed by atoms with Crippen LogP contribution in [-0.4, -0.2) is 22.0 Å². The van der Waals surface area contributed by atoms with Crippen molar-refractivity contribution in [2.75, 3.05) is 5.32 Å². The Morgan fingerprint density at radius 3 is 2.67 bits per heavy atom. The first-order valence-electron chi connectivity index (χ1n) is 5.75. The van der Waals surface area contributed by atoms with Crippen molar-refractivity contribution >= 4 is 17.3 Å². The summed E-state index contributed by atoms with van der Waals surface area (Å²) in [5, 5.41) is 22.8. The lowest BCUT2D eigenvalue weighted by molar-refractivity contribution is -0.385. The molecule has 0 aromatic heterocycles. The molecule has 2 N–H and O–H groups in total. The van der Waals surface area contributed by atoms with Crippen LogP contribution in [0.3, 0.4) is 0 Å². The van der Waals surface area contributed by atoms with E-state index in [1.807, 2.05) is 0 Å². The van der Waals surface area contributed by atoms with E-state index in [4.69, 9.17) is 5.11 Å². The van der Waals surface area contributed by atoms with Crippen LogP contribution in [0, 0.1) is 16.0 Å². The molecule has 1 aromatic rings. The summed E-state index contributed by atoms with van der Waals surface area (Å²) in [6.07, 6.45) is 2.07. The van der Waals surface area contributed by atoms with Crippen LogP contribution in [0.25, 0.3) is 0 Å². The van der Waals surface area contributed by atoms with Gasteiger partial charge in [0.1, 0.15) is 5.56 Å². The number of aromatic carboxylic acids is 1. The minimum absolute atomic E-state index is 0.285. The second-order valence-corrected chi connectivity index (χ2v) is 4.71. The first-order valence-corrected chi connectivity index (χ1v) is 5.75. The SMILES string of the molecule is CC1CC(Nc2ccc(C(=O)O)c([N+](=O)[O-])c2)C1. The van der Waals surface area contributed by atoms with Gasteiger partial charge in [0.15, 0.2) is 0 Å². The molecule has 0 amide bonds. The fourth-order valence-corrected chi connectivity index (χ4v) is 2.21. The van der Waals surface area contributed by atoms with Crippen molar-refractivity contribution in [2.45, 2.75) is 25.8 Å². The van der Waals surface area contributed by atoms with E-state index in [-0.39, 0.29) is 11.3 Å². The highest BCUT2D eigenvalue weighted by Gasteiger charge is 2.26. The number of carbonyl (C=O) groups is 1. The third-order valence-corrected chi connectivity index (χ3v) is 3.17. The first-order chi connectivity index (χ1) is 8.47. The number of rotatable bonds is 4. The van der Waals surface area contributed by atoms with Crippen molar-refractivity contribution < 1.29 is 14.8 Å². The molecule has 0 bridgehead atoms. The maximum atomic E-state index is 10.8. The lowest BCUT2D eigenvalue weighted by atomic mass is 9.82. The second-order valence-electron chi connectivity index (χ2n) is 4.71. The third kappa shape index (κ3) is 2.42. The van der Waals surface area contributed by atoms with Gasteiger partial charge in [0.2, 0.25) is 0 Å². The van der Waals surface area contributed by atoms with Crippen LogP contribution in [0.4, 0.5) is 11.4 Å². The number of nitrogens with zero attached hydrogens (tertiary/aromatic N) is 1. The Kier molecular flexibility index (Phi) is 3.18. The summed E-state index contributed by atoms with van der Waals surface area (Å²) in [5.74, 6) is -0.610. The average Bonchev–Trinajstić information content (AvgIpc) is 2.26. The highest BCUT2D eigenvalue weighted by molar-refractivity contribution is 5.93. The first kappa shape index (κ1) is 12.3. The normalized spacial score (nSPS) is 22.1. The number of carboxylic acid groups (broad SMARTS) is 1. The van der Waals surface area contributed by atoms with Gasteiger partial charge in [-0.1, -0.05) is 6.92 Å². The smallest absolute Gasteiger partial charge is 0.342 e. The van der Waals surface area contributed by atoms with E-state index in [1.54, 1.807) is 6.07 Å². The number of nitrogens with one attached hydrogen (secondary N) is 1. The summed E-state index contributed by atoms with van der Waals surface area (Å²) >= 11 is 0. The number of hydrogen-bond donors (Lipinski definition) is 2. The maximum Gasteiger partial charge on any atom is 0.342 e. The summed E-state index contributed by atoms with van der Waals surface area (Å²) in [4.78, 5) is 21.0. The van der Waals surface area contributed by atoms with Crippen molar-refractivity contribution in [3.05, 3.63) is 33.9 Å². The molecule has 6 heteroatoms. The number of anilines is 1. The summed E-state index contributed by atoms with van der Waals surface area (Å²) < 4.78 is 0. The summed E-state index contributed by atoms with van der Waals surface area (Å²) in [5.41, 5.74) is -0.0593. The van der Waals surface area contributed by atoms with Crippen molar-refractivity contribution in [2.24, 2.45) is 5.92 Å². The van der Waals surface area contributed by atoms with Crippen LogP contribution in [-0.2, 0) is 0 Å². The molecular weight excluding hydrogens is 236 g/mol. The number of nitro groups is 1. The van der Waals surface area contributed by atoms with E-state index in [0.717, 1.165) is 12.8 Å². The molecule has 96 valence electrons. The zero-order chi connectivity index (χ0) is 13.3. The number of carboxylic acids is 1. The van der Waals surface area contributed by atoms with Crippen LogP contribution >= 0.6 is 0 Å². The molecule has 6 nitrogen and oxygen atoms in total. The monoisotopic (exact) mass is 250 g/mol. The molecule has 1 aliphatic carbocycles. The molecule has 1 fully saturated rings. The topological polar surface area (TPSA) is 92.5 Å². The highest BCUT2D eigenvalue weighted by atomic mass is 16.6. The lowest BCUT2D eigenvalue weighted by Crippen LogP contribution is -2.33. The Hall–Kier alpha value is -2.11. The largest absolute Gasteiger partial charge is 0.477 e. The number of benzene rings is 1. The minimum atomic E-state index is -1.29. The van der Waals surface area contributed by atoms with Gasteiger partial charge in [0, 0.05) is 17.8 Å². The quantitative estimate of drug-likeness (QED) is 0.632. The van der Waals surface area contributed by atoms with E-state index in [1.165, 1.54) is 12.1 Å². The summed E-state index contributed by atoms with van der Waals surface area (Å²) in [7, 11) is 0. The summed E-state index contributed by atoms with van der Waals surface area (Å²) in [6.45, 7) is 2.15. The van der Waals surface area contributed by atoms with Gasteiger partial charge >= 0.3 is 5.97 Å². The minimum Gasteiger partial charge on any atom is -0.477 e. The van der Waals surface area contributed by atoms with Crippen molar-refractivity contribution in [3.8, 4) is 0 Å². The van der Waals surface area contributed by atoms with Gasteiger partial charge in [0.05, 0.1) is 4.92 Å². The molecule has 18 heavy (non-hydrogen) atoms. The number of nitro benzene ring substituents is 1. The Morgan fingerprint density at radius 1 is 1.50 bits per heavy atom. The second kappa shape index (κ2) is 4.64. The van der Waals surface area contributed by atoms with Gasteiger partial charge in [0.25, 0.3) is 5.69 Å². The van der Waals surface area contributed by atoms with Gasteiger partial charge in [-0.05, 0) is 30.9 Å². The van der Waals surface area contributed by atoms with E-state index >= 15 is 0 Å². The molecule has 0 saturated heterocycles. The van der Waals surface area contributed by atoms with Crippen LogP contribution in [0.5, 0.6) is 0 Å². The standard InChI is InChI=1S/C12H14N2O4/c1-7-4-9(5-7)13-8-2-3-10(12(15)16)11(6-8)14(17)18/h2-3,6-7,9,13H,4-5H2,1H3,(H,15,16). The zero-order valence-corrected chi connectivity index (χ0v) is 9.92. The van der Waals surface area contributed by atoms with E-state index in [9.17, 15) is 14.9 Å². The highest BCUT2D eigenvalue weighted by Crippen LogP contribution is 2.31. The van der Waals surface area contributed by atoms with E-state index < -0.39 is 10.9 Å². The maximum absolute atomic E-state index is 10.8. The third-order valence-electron chi connectivity index (χ3n) is 3.17. The molecule has 0 radical (unpaired) electrons. The van der Waals surface area contributed by atoms with Gasteiger partial charge < -0.3 is 10.4 Å². The fourth-order valence-electron chi connectivity index (χ4n) is 2.21. The Morgan fingerprint density at radius 2 is 2.17 bits per heavy atom. The van der Waals surface area contributed by atoms with Gasteiger partial charge in [-0.2, -0.15) is 0 Å². The predicted octanol–water partition coefficient (Wildman–Crippen LogP) is 2.50. The molecule has 0 unspecified atom stereocenters. The van der Waals surface area contributed by atoms with Gasteiger partial charge in [-0.25, -0.2) is 4.79 Å². The van der Waals surface area contributed by atoms with Crippen LogP contribution in [0.2, 0.25) is 0 Å². The van der Waals surface area contributed by atoms with Gasteiger partial charge in [-0.15, -0.1) is 0 Å². The van der Waals surface area contributed by atoms with E-state index in [0.29, 0.717) is 17.6 Å². The molecule has 0 aliphatic heterocycles. The van der Waals surface area contributed by atoms with Crippen LogP contribution in [0.15, 0.2) is 18.2 Å². The molecule has 1 aliphatic rings. The van der Waals surface area contributed by atoms with Crippen molar-refractivity contribution in [1.29, 1.82) is 0 Å². The molecule has 0 heterocycles. The van der Waals surface area contributed by atoms with Crippen LogP contribution < -0.4 is 5.32 Å². The Bertz CT molecular complexity index is 495. The van der Waals surface area contributed by atoms with E-state index in [2.05, 4.69) is 12.2 Å². The fraction of sp³-hybridized carbons (Fsp3) is 0.417. The average molecular weight is 250 g/mol. The lowest BCUT2D eigenvalue weighted by Gasteiger charge is -2.34. The molecule has 0 atom stereocenters. The molecule has 1 saturated carbocycles. The Balaban J connectivity index is 2.20. The van der Waals surface area contributed by atoms with Gasteiger partial charge in [-0.3, -0.25) is 10.1 Å². The van der Waals surface area contributed by atoms with Crippen molar-refractivity contribution in [3.63, 3.8) is 0 Å². The molecule has 1 aromatic carbocycles. The zero-order valence-electron chi connectivity index (χ0n) is 9.92. The van der Waals surface area contributed by atoms with Crippen LogP contribution in [0.1, 0.15) is 30.1 Å². The molecular formula is C12H14N2O4. The summed E-state index contributed by atoms with van der Waals surface area (Å²) in [6, 6.07) is 4.45. The number of hydrogen-bond acceptors (Lipinski definition) is 4. The van der Waals surface area contributed by atoms with Crippen molar-refractivity contribution in [1.82, 2.24) is 0 Å². The molecule has 2 rings (SSSR count). The Labute approximate surface area is 104 Å².